The predicted molar refractivity (Wildman–Crippen MR) is 117 cm³/mol. The molecule has 8 nitrogen and oxygen atoms in total. The van der Waals surface area contributed by atoms with Crippen molar-refractivity contribution in [1.82, 2.24) is 20.1 Å². The highest BCUT2D eigenvalue weighted by Gasteiger charge is 2.37. The third-order valence-electron chi connectivity index (χ3n) is 6.51. The summed E-state index contributed by atoms with van der Waals surface area (Å²) in [5, 5.41) is 3.92. The van der Waals surface area contributed by atoms with Crippen molar-refractivity contribution in [2.45, 2.75) is 38.6 Å². The van der Waals surface area contributed by atoms with Crippen LogP contribution in [0, 0.1) is 5.92 Å². The SMILES string of the molecule is COc1ccc2cc(C(=O)N3CCNC(=O)C4CCCCC4N(C(C)=O)CC3)[nH]c2c1. The molecule has 0 radical (unpaired) electrons. The lowest BCUT2D eigenvalue weighted by Crippen LogP contribution is -2.55. The van der Waals surface area contributed by atoms with Gasteiger partial charge >= 0.3 is 0 Å². The Hall–Kier alpha value is -3.03. The number of nitrogens with zero attached hydrogens (tertiary/aromatic N) is 2. The maximum absolute atomic E-state index is 13.3. The highest BCUT2D eigenvalue weighted by molar-refractivity contribution is 5.98. The normalized spacial score (nSPS) is 22.6. The molecule has 1 aliphatic heterocycles. The summed E-state index contributed by atoms with van der Waals surface area (Å²) in [6, 6.07) is 7.35. The quantitative estimate of drug-likeness (QED) is 0.769. The van der Waals surface area contributed by atoms with E-state index >= 15 is 0 Å². The number of ether oxygens (including phenoxy) is 1. The van der Waals surface area contributed by atoms with Gasteiger partial charge in [0.25, 0.3) is 5.91 Å². The van der Waals surface area contributed by atoms with Crippen molar-refractivity contribution in [3.8, 4) is 5.75 Å². The second kappa shape index (κ2) is 8.99. The van der Waals surface area contributed by atoms with E-state index in [-0.39, 0.29) is 29.7 Å². The third kappa shape index (κ3) is 4.38. The first-order chi connectivity index (χ1) is 15.0. The second-order valence-electron chi connectivity index (χ2n) is 8.39. The van der Waals surface area contributed by atoms with Gasteiger partial charge in [0.15, 0.2) is 0 Å². The van der Waals surface area contributed by atoms with Gasteiger partial charge in [0.05, 0.1) is 13.0 Å². The molecule has 1 saturated heterocycles. The fourth-order valence-corrected chi connectivity index (χ4v) is 4.85. The Bertz CT molecular complexity index is 985. The topological polar surface area (TPSA) is 94.7 Å². The van der Waals surface area contributed by atoms with Gasteiger partial charge in [0.2, 0.25) is 11.8 Å². The smallest absolute Gasteiger partial charge is 0.270 e. The molecular weight excluding hydrogens is 396 g/mol. The van der Waals surface area contributed by atoms with E-state index in [0.717, 1.165) is 36.6 Å². The Balaban J connectivity index is 1.56. The standard InChI is InChI=1S/C23H30N4O4/c1-15(28)27-12-11-26(10-9-24-22(29)18-5-3-4-6-21(18)27)23(30)20-13-16-7-8-17(31-2)14-19(16)25-20/h7-8,13-14,18,21,25H,3-6,9-12H2,1-2H3,(H,24,29). The van der Waals surface area contributed by atoms with Gasteiger partial charge in [-0.05, 0) is 31.0 Å². The van der Waals surface area contributed by atoms with Gasteiger partial charge < -0.3 is 24.8 Å². The van der Waals surface area contributed by atoms with Crippen molar-refractivity contribution in [3.63, 3.8) is 0 Å². The van der Waals surface area contributed by atoms with E-state index in [2.05, 4.69) is 10.3 Å². The number of nitrogens with one attached hydrogen (secondary N) is 2. The fourth-order valence-electron chi connectivity index (χ4n) is 4.85. The Morgan fingerprint density at radius 2 is 1.90 bits per heavy atom. The summed E-state index contributed by atoms with van der Waals surface area (Å²) in [4.78, 5) is 45.2. The Morgan fingerprint density at radius 1 is 1.10 bits per heavy atom. The first-order valence-electron chi connectivity index (χ1n) is 11.0. The second-order valence-corrected chi connectivity index (χ2v) is 8.39. The van der Waals surface area contributed by atoms with Crippen LogP contribution in [0.25, 0.3) is 10.9 Å². The average Bonchev–Trinajstić information content (AvgIpc) is 3.20. The molecular formula is C23H30N4O4. The Labute approximate surface area is 181 Å². The summed E-state index contributed by atoms with van der Waals surface area (Å²) in [5.41, 5.74) is 1.31. The number of hydrogen-bond donors (Lipinski definition) is 2. The molecule has 2 fully saturated rings. The van der Waals surface area contributed by atoms with E-state index in [0.29, 0.717) is 37.6 Å². The zero-order chi connectivity index (χ0) is 22.0. The van der Waals surface area contributed by atoms with Crippen molar-refractivity contribution in [2.75, 3.05) is 33.3 Å². The van der Waals surface area contributed by atoms with E-state index in [9.17, 15) is 14.4 Å². The van der Waals surface area contributed by atoms with Crippen LogP contribution in [0.15, 0.2) is 24.3 Å². The molecule has 2 N–H and O–H groups in total. The highest BCUT2D eigenvalue weighted by Crippen LogP contribution is 2.29. The lowest BCUT2D eigenvalue weighted by molar-refractivity contribution is -0.137. The summed E-state index contributed by atoms with van der Waals surface area (Å²) >= 11 is 0. The molecule has 2 aromatic rings. The fraction of sp³-hybridized carbons (Fsp3) is 0.522. The summed E-state index contributed by atoms with van der Waals surface area (Å²) in [6.45, 7) is 3.21. The summed E-state index contributed by atoms with van der Waals surface area (Å²) in [7, 11) is 1.61. The van der Waals surface area contributed by atoms with Crippen molar-refractivity contribution in [2.24, 2.45) is 5.92 Å². The average molecular weight is 427 g/mol. The van der Waals surface area contributed by atoms with Gasteiger partial charge in [0, 0.05) is 56.1 Å². The Morgan fingerprint density at radius 3 is 2.68 bits per heavy atom. The minimum Gasteiger partial charge on any atom is -0.497 e. The molecule has 166 valence electrons. The Kier molecular flexibility index (Phi) is 6.15. The van der Waals surface area contributed by atoms with Crippen molar-refractivity contribution in [1.29, 1.82) is 0 Å². The van der Waals surface area contributed by atoms with Gasteiger partial charge in [0.1, 0.15) is 11.4 Å². The molecule has 2 unspecified atom stereocenters. The van der Waals surface area contributed by atoms with Gasteiger partial charge in [-0.1, -0.05) is 12.8 Å². The molecule has 4 rings (SSSR count). The lowest BCUT2D eigenvalue weighted by atomic mass is 9.82. The molecule has 0 bridgehead atoms. The molecule has 8 heteroatoms. The van der Waals surface area contributed by atoms with E-state index in [1.807, 2.05) is 24.3 Å². The molecule has 2 aliphatic rings. The first-order valence-corrected chi connectivity index (χ1v) is 11.0. The van der Waals surface area contributed by atoms with Crippen LogP contribution < -0.4 is 10.1 Å². The van der Waals surface area contributed by atoms with Crippen LogP contribution in [0.5, 0.6) is 5.75 Å². The third-order valence-corrected chi connectivity index (χ3v) is 6.51. The van der Waals surface area contributed by atoms with Gasteiger partial charge in [-0.3, -0.25) is 14.4 Å². The van der Waals surface area contributed by atoms with Crippen LogP contribution in [0.4, 0.5) is 0 Å². The lowest BCUT2D eigenvalue weighted by Gasteiger charge is -2.40. The van der Waals surface area contributed by atoms with Crippen LogP contribution in [0.2, 0.25) is 0 Å². The summed E-state index contributed by atoms with van der Waals surface area (Å²) in [6.07, 6.45) is 3.66. The van der Waals surface area contributed by atoms with Crippen LogP contribution in [0.1, 0.15) is 43.1 Å². The number of aromatic amines is 1. The zero-order valence-corrected chi connectivity index (χ0v) is 18.1. The summed E-state index contributed by atoms with van der Waals surface area (Å²) in [5.74, 6) is 0.352. The van der Waals surface area contributed by atoms with Gasteiger partial charge in [-0.15, -0.1) is 0 Å². The molecule has 2 heterocycles. The number of aromatic nitrogens is 1. The number of methoxy groups -OCH3 is 1. The molecule has 1 aliphatic carbocycles. The van der Waals surface area contributed by atoms with Crippen molar-refractivity contribution < 1.29 is 19.1 Å². The molecule has 3 amide bonds. The molecule has 2 atom stereocenters. The number of rotatable bonds is 2. The molecule has 1 saturated carbocycles. The number of H-pyrrole nitrogens is 1. The van der Waals surface area contributed by atoms with E-state index in [1.165, 1.54) is 0 Å². The van der Waals surface area contributed by atoms with Crippen molar-refractivity contribution in [3.05, 3.63) is 30.0 Å². The minimum atomic E-state index is -0.163. The van der Waals surface area contributed by atoms with Gasteiger partial charge in [-0.25, -0.2) is 0 Å². The monoisotopic (exact) mass is 426 g/mol. The van der Waals surface area contributed by atoms with Crippen molar-refractivity contribution >= 4 is 28.6 Å². The van der Waals surface area contributed by atoms with E-state index < -0.39 is 0 Å². The minimum absolute atomic E-state index is 0.0112. The highest BCUT2D eigenvalue weighted by atomic mass is 16.5. The van der Waals surface area contributed by atoms with E-state index in [4.69, 9.17) is 4.74 Å². The van der Waals surface area contributed by atoms with Gasteiger partial charge in [-0.2, -0.15) is 0 Å². The number of carbonyl (C=O) groups is 3. The number of amides is 3. The number of hydrogen-bond acceptors (Lipinski definition) is 4. The molecule has 31 heavy (non-hydrogen) atoms. The first kappa shape index (κ1) is 21.2. The zero-order valence-electron chi connectivity index (χ0n) is 18.1. The predicted octanol–water partition coefficient (Wildman–Crippen LogP) is 2.16. The largest absolute Gasteiger partial charge is 0.497 e. The molecule has 1 aromatic carbocycles. The number of benzene rings is 1. The summed E-state index contributed by atoms with van der Waals surface area (Å²) < 4.78 is 5.26. The van der Waals surface area contributed by atoms with E-state index in [1.54, 1.807) is 23.8 Å². The molecule has 1 aromatic heterocycles. The van der Waals surface area contributed by atoms with Crippen LogP contribution >= 0.6 is 0 Å². The maximum Gasteiger partial charge on any atom is 0.270 e. The maximum atomic E-state index is 13.3. The number of fused-ring (bicyclic) bond motifs is 2. The van der Waals surface area contributed by atoms with Crippen LogP contribution in [-0.2, 0) is 9.59 Å². The number of carbonyl (C=O) groups excluding carboxylic acids is 3. The van der Waals surface area contributed by atoms with Crippen LogP contribution in [0.3, 0.4) is 0 Å². The molecule has 0 spiro atoms. The van der Waals surface area contributed by atoms with Crippen LogP contribution in [-0.4, -0.2) is 71.8 Å².